The van der Waals surface area contributed by atoms with Gasteiger partial charge in [0.2, 0.25) is 0 Å². The summed E-state index contributed by atoms with van der Waals surface area (Å²) in [6.45, 7) is 19.8. The number of ether oxygens (including phenoxy) is 4. The smallest absolute Gasteiger partial charge is 0.303 e. The average Bonchev–Trinajstić information content (AvgIpc) is 3.33. The molecule has 7 aliphatic rings. The number of morpholine rings is 1. The monoisotopic (exact) mass is 698 g/mol. The van der Waals surface area contributed by atoms with Crippen molar-refractivity contribution in [2.75, 3.05) is 19.7 Å². The molecule has 8 rings (SSSR count). The second-order valence-electron chi connectivity index (χ2n) is 19.4. The van der Waals surface area contributed by atoms with E-state index >= 15 is 0 Å². The van der Waals surface area contributed by atoms with E-state index in [1.54, 1.807) is 20.1 Å². The van der Waals surface area contributed by atoms with E-state index in [0.29, 0.717) is 30.3 Å². The zero-order chi connectivity index (χ0) is 35.6. The first-order valence-corrected chi connectivity index (χ1v) is 19.6. The molecule has 7 fully saturated rings. The lowest BCUT2D eigenvalue weighted by Crippen LogP contribution is -2.60. The highest BCUT2D eigenvalue weighted by Gasteiger charge is 2.84. The van der Waals surface area contributed by atoms with Gasteiger partial charge < -0.3 is 33.6 Å². The molecule has 1 aromatic rings. The molecule has 5 saturated carbocycles. The van der Waals surface area contributed by atoms with Gasteiger partial charge in [-0.3, -0.25) is 9.69 Å². The Kier molecular flexibility index (Phi) is 8.31. The Bertz CT molecular complexity index is 1440. The van der Waals surface area contributed by atoms with E-state index in [1.165, 1.54) is 32.6 Å². The number of nitrogens with zero attached hydrogens (tertiary/aromatic N) is 2. The Balaban J connectivity index is 1.01. The van der Waals surface area contributed by atoms with Crippen LogP contribution >= 0.6 is 0 Å². The van der Waals surface area contributed by atoms with Gasteiger partial charge >= 0.3 is 5.97 Å². The maximum absolute atomic E-state index is 12.6. The quantitative estimate of drug-likeness (QED) is 0.341. The van der Waals surface area contributed by atoms with E-state index in [-0.39, 0.29) is 52.0 Å². The molecule has 50 heavy (non-hydrogen) atoms. The number of aliphatic hydroxyl groups is 2. The van der Waals surface area contributed by atoms with Gasteiger partial charge in [0.1, 0.15) is 6.26 Å². The van der Waals surface area contributed by atoms with Gasteiger partial charge in [-0.25, -0.2) is 4.98 Å². The number of carbonyl (C=O) groups excluding carboxylic acids is 1. The van der Waals surface area contributed by atoms with Crippen molar-refractivity contribution in [1.29, 1.82) is 0 Å². The molecule has 5 aliphatic carbocycles. The van der Waals surface area contributed by atoms with Crippen LogP contribution in [0.3, 0.4) is 0 Å². The number of carbonyl (C=O) groups is 1. The summed E-state index contributed by atoms with van der Waals surface area (Å²) < 4.78 is 30.9. The lowest BCUT2D eigenvalue weighted by atomic mass is 9.41. The topological polar surface area (TPSA) is 124 Å². The number of hydrogen-bond donors (Lipinski definition) is 2. The third-order valence-electron chi connectivity index (χ3n) is 16.4. The second kappa shape index (κ2) is 11.7. The van der Waals surface area contributed by atoms with Gasteiger partial charge in [0.15, 0.2) is 18.8 Å². The normalized spacial score (nSPS) is 48.7. The fraction of sp³-hybridized carbons (Fsp3) is 0.900. The van der Waals surface area contributed by atoms with Crippen LogP contribution in [-0.4, -0.2) is 88.2 Å². The summed E-state index contributed by atoms with van der Waals surface area (Å²) in [7, 11) is 0. The fourth-order valence-electron chi connectivity index (χ4n) is 14.2. The predicted molar refractivity (Wildman–Crippen MR) is 184 cm³/mol. The molecule has 1 aromatic heterocycles. The maximum Gasteiger partial charge on any atom is 0.303 e. The second-order valence-corrected chi connectivity index (χ2v) is 19.4. The Hall–Kier alpha value is -1.56. The van der Waals surface area contributed by atoms with Crippen molar-refractivity contribution < 1.29 is 38.4 Å². The van der Waals surface area contributed by atoms with E-state index in [9.17, 15) is 15.0 Å². The summed E-state index contributed by atoms with van der Waals surface area (Å²) in [5, 5.41) is 23.6. The Labute approximate surface area is 298 Å². The molecule has 14 atom stereocenters. The largest absolute Gasteiger partial charge is 0.457 e. The number of oxazole rings is 1. The van der Waals surface area contributed by atoms with Gasteiger partial charge in [-0.05, 0) is 111 Å². The summed E-state index contributed by atoms with van der Waals surface area (Å²) in [5.74, 6) is 1.05. The van der Waals surface area contributed by atoms with E-state index < -0.39 is 29.9 Å². The molecule has 0 amide bonds. The van der Waals surface area contributed by atoms with Crippen LogP contribution in [0.25, 0.3) is 0 Å². The van der Waals surface area contributed by atoms with Crippen molar-refractivity contribution in [3.05, 3.63) is 18.4 Å². The molecule has 2 saturated heterocycles. The van der Waals surface area contributed by atoms with Gasteiger partial charge in [0.25, 0.3) is 0 Å². The zero-order valence-corrected chi connectivity index (χ0v) is 31.7. The minimum absolute atomic E-state index is 0.0159. The molecule has 4 unspecified atom stereocenters. The fourth-order valence-corrected chi connectivity index (χ4v) is 14.2. The van der Waals surface area contributed by atoms with Crippen LogP contribution in [0.5, 0.6) is 0 Å². The summed E-state index contributed by atoms with van der Waals surface area (Å²) in [5.41, 5.74) is -0.123. The van der Waals surface area contributed by atoms with Gasteiger partial charge in [0, 0.05) is 25.4 Å². The highest BCUT2D eigenvalue weighted by molar-refractivity contribution is 5.66. The number of rotatable bonds is 7. The van der Waals surface area contributed by atoms with Crippen LogP contribution in [0.15, 0.2) is 17.1 Å². The average molecular weight is 699 g/mol. The molecule has 0 bridgehead atoms. The van der Waals surface area contributed by atoms with Crippen molar-refractivity contribution in [2.24, 2.45) is 50.7 Å². The van der Waals surface area contributed by atoms with Crippen molar-refractivity contribution >= 4 is 5.97 Å². The predicted octanol–water partition coefficient (Wildman–Crippen LogP) is 5.73. The molecule has 2 N–H and O–H groups in total. The minimum atomic E-state index is -1.26. The van der Waals surface area contributed by atoms with Gasteiger partial charge in [-0.2, -0.15) is 0 Å². The van der Waals surface area contributed by atoms with E-state index in [2.05, 4.69) is 44.5 Å². The Morgan fingerprint density at radius 3 is 2.56 bits per heavy atom. The lowest BCUT2D eigenvalue weighted by molar-refractivity contribution is -0.249. The molecule has 2 spiro atoms. The zero-order valence-electron chi connectivity index (χ0n) is 31.7. The first-order valence-electron chi connectivity index (χ1n) is 19.6. The SMILES string of the molecule is CC(=O)O[C@@H](C1C[C@@H](C)[C@H]2C(O1)[C@H](O)[C@@]1(C)C3CC[C@H]4C(C)(C)C(O[C@H]5CN(Cc6cocn6)CCO5)CC[C@@]45C[C@@]35CC[C@]21C)C(C)(C)O. The molecule has 3 heterocycles. The van der Waals surface area contributed by atoms with Crippen LogP contribution in [0, 0.1) is 50.7 Å². The van der Waals surface area contributed by atoms with Crippen LogP contribution in [0.2, 0.25) is 0 Å². The van der Waals surface area contributed by atoms with Crippen LogP contribution in [0.4, 0.5) is 0 Å². The minimum Gasteiger partial charge on any atom is -0.457 e. The number of aromatic nitrogens is 1. The van der Waals surface area contributed by atoms with Gasteiger partial charge in [0.05, 0.1) is 48.9 Å². The number of hydrogen-bond acceptors (Lipinski definition) is 10. The summed E-state index contributed by atoms with van der Waals surface area (Å²) in [6.07, 6.45) is 9.65. The lowest BCUT2D eigenvalue weighted by Gasteiger charge is -2.64. The van der Waals surface area contributed by atoms with Crippen molar-refractivity contribution in [1.82, 2.24) is 9.88 Å². The van der Waals surface area contributed by atoms with Crippen LogP contribution in [0.1, 0.15) is 112 Å². The molecular formula is C40H62N2O8. The maximum atomic E-state index is 12.6. The summed E-state index contributed by atoms with van der Waals surface area (Å²) in [6, 6.07) is 0. The number of esters is 1. The van der Waals surface area contributed by atoms with E-state index in [4.69, 9.17) is 23.4 Å². The number of fused-ring (bicyclic) bond motifs is 4. The van der Waals surface area contributed by atoms with Crippen molar-refractivity contribution in [3.8, 4) is 0 Å². The summed E-state index contributed by atoms with van der Waals surface area (Å²) in [4.78, 5) is 18.8. The Morgan fingerprint density at radius 2 is 1.86 bits per heavy atom. The molecule has 2 aliphatic heterocycles. The van der Waals surface area contributed by atoms with Crippen molar-refractivity contribution in [3.63, 3.8) is 0 Å². The molecule has 0 aromatic carbocycles. The molecule has 10 heteroatoms. The van der Waals surface area contributed by atoms with Gasteiger partial charge in [-0.1, -0.05) is 34.6 Å². The van der Waals surface area contributed by atoms with Crippen LogP contribution < -0.4 is 0 Å². The third-order valence-corrected chi connectivity index (χ3v) is 16.4. The standard InChI is InChI=1S/C40H62N2O8/c1-23-17-26(34(36(5,6)45)48-24(2)43)49-32-31(23)37(7)13-14-40-21-39(40)12-11-29(35(3,4)27(39)9-10-28(40)38(37,8)33(32)44)50-30-19-42(15-16-47-30)18-25-20-46-22-41-25/h20,22-23,26-34,44-45H,9-19,21H2,1-8H3/t23-,26?,27+,28?,29?,30+,31+,32?,33+,34+,37-,38-,39-,40+/m1/s1. The number of aliphatic hydroxyl groups excluding tert-OH is 1. The third kappa shape index (κ3) is 4.93. The van der Waals surface area contributed by atoms with Gasteiger partial charge in [-0.15, -0.1) is 0 Å². The van der Waals surface area contributed by atoms with E-state index in [0.717, 1.165) is 51.0 Å². The Morgan fingerprint density at radius 1 is 1.12 bits per heavy atom. The molecular weight excluding hydrogens is 636 g/mol. The first-order chi connectivity index (χ1) is 23.5. The summed E-state index contributed by atoms with van der Waals surface area (Å²) >= 11 is 0. The highest BCUT2D eigenvalue weighted by atomic mass is 16.7. The van der Waals surface area contributed by atoms with E-state index in [1.807, 2.05) is 0 Å². The molecule has 0 radical (unpaired) electrons. The van der Waals surface area contributed by atoms with Crippen LogP contribution in [-0.2, 0) is 30.3 Å². The molecule has 280 valence electrons. The highest BCUT2D eigenvalue weighted by Crippen LogP contribution is 2.89. The first kappa shape index (κ1) is 35.5. The molecule has 10 nitrogen and oxygen atoms in total. The van der Waals surface area contributed by atoms with Crippen molar-refractivity contribution in [2.45, 2.75) is 156 Å².